The summed E-state index contributed by atoms with van der Waals surface area (Å²) in [5.74, 6) is 1.31. The molecule has 2 saturated heterocycles. The Labute approximate surface area is 119 Å². The van der Waals surface area contributed by atoms with E-state index in [1.165, 1.54) is 6.42 Å². The third-order valence-corrected chi connectivity index (χ3v) is 5.63. The van der Waals surface area contributed by atoms with Gasteiger partial charge in [0.05, 0.1) is 12.0 Å². The van der Waals surface area contributed by atoms with Gasteiger partial charge in [0.15, 0.2) is 5.78 Å². The Balaban J connectivity index is 1.70. The molecule has 20 heavy (non-hydrogen) atoms. The summed E-state index contributed by atoms with van der Waals surface area (Å²) in [6.45, 7) is 4.25. The van der Waals surface area contributed by atoms with E-state index in [2.05, 4.69) is 11.8 Å². The Bertz CT molecular complexity index is 472. The van der Waals surface area contributed by atoms with Gasteiger partial charge >= 0.3 is 0 Å². The SMILES string of the molecule is C[C@@H]1C[C@@H](O)CC2=C1C(=O)[C@@H]1[C@H]3CCCN3CC[C@H]1O2. The number of ketones is 1. The number of nitrogens with zero attached hydrogens (tertiary/aromatic N) is 1. The average molecular weight is 277 g/mol. The van der Waals surface area contributed by atoms with Gasteiger partial charge in [-0.1, -0.05) is 6.92 Å². The molecular weight excluding hydrogens is 254 g/mol. The molecule has 4 heteroatoms. The number of aliphatic hydroxyl groups excluding tert-OH is 1. The van der Waals surface area contributed by atoms with Crippen LogP contribution in [0.5, 0.6) is 0 Å². The first kappa shape index (κ1) is 12.8. The zero-order valence-electron chi connectivity index (χ0n) is 12.0. The molecule has 3 aliphatic heterocycles. The van der Waals surface area contributed by atoms with Crippen molar-refractivity contribution < 1.29 is 14.6 Å². The highest BCUT2D eigenvalue weighted by atomic mass is 16.5. The molecular formula is C16H23NO3. The Morgan fingerprint density at radius 3 is 3.00 bits per heavy atom. The molecule has 0 bridgehead atoms. The minimum absolute atomic E-state index is 0.0442. The molecule has 0 unspecified atom stereocenters. The average Bonchev–Trinajstić information content (AvgIpc) is 2.85. The molecule has 0 saturated carbocycles. The van der Waals surface area contributed by atoms with Crippen LogP contribution < -0.4 is 0 Å². The van der Waals surface area contributed by atoms with Gasteiger partial charge in [0.2, 0.25) is 0 Å². The summed E-state index contributed by atoms with van der Waals surface area (Å²) >= 11 is 0. The van der Waals surface area contributed by atoms with Crippen LogP contribution in [0, 0.1) is 11.8 Å². The predicted octanol–water partition coefficient (Wildman–Crippen LogP) is 1.48. The lowest BCUT2D eigenvalue weighted by Gasteiger charge is -2.46. The number of hydrogen-bond donors (Lipinski definition) is 1. The van der Waals surface area contributed by atoms with E-state index in [0.717, 1.165) is 37.3 Å². The molecule has 4 nitrogen and oxygen atoms in total. The number of ether oxygens (including phenoxy) is 1. The summed E-state index contributed by atoms with van der Waals surface area (Å²) in [6, 6.07) is 0.398. The van der Waals surface area contributed by atoms with Gasteiger partial charge in [0.1, 0.15) is 11.9 Å². The number of allylic oxidation sites excluding steroid dienone is 1. The first-order valence-electron chi connectivity index (χ1n) is 8.01. The van der Waals surface area contributed by atoms with Crippen LogP contribution in [0.1, 0.15) is 39.0 Å². The Kier molecular flexibility index (Phi) is 2.93. The number of rotatable bonds is 0. The number of carbonyl (C=O) groups excluding carboxylic acids is 1. The Morgan fingerprint density at radius 1 is 1.30 bits per heavy atom. The molecule has 110 valence electrons. The first-order chi connectivity index (χ1) is 9.65. The van der Waals surface area contributed by atoms with Crippen LogP contribution in [0.2, 0.25) is 0 Å². The highest BCUT2D eigenvalue weighted by molar-refractivity contribution is 6.00. The topological polar surface area (TPSA) is 49.8 Å². The molecule has 1 aliphatic carbocycles. The fourth-order valence-corrected chi connectivity index (χ4v) is 4.79. The van der Waals surface area contributed by atoms with Crippen LogP contribution >= 0.6 is 0 Å². The van der Waals surface area contributed by atoms with Crippen LogP contribution in [0.25, 0.3) is 0 Å². The Morgan fingerprint density at radius 2 is 2.15 bits per heavy atom. The van der Waals surface area contributed by atoms with Crippen LogP contribution in [0.3, 0.4) is 0 Å². The molecule has 4 aliphatic rings. The third kappa shape index (κ3) is 1.77. The van der Waals surface area contributed by atoms with E-state index >= 15 is 0 Å². The van der Waals surface area contributed by atoms with E-state index in [-0.39, 0.29) is 24.0 Å². The number of aliphatic hydroxyl groups is 1. The van der Waals surface area contributed by atoms with Crippen LogP contribution in [0.4, 0.5) is 0 Å². The van der Waals surface area contributed by atoms with E-state index in [4.69, 9.17) is 4.74 Å². The normalized spacial score (nSPS) is 44.7. The minimum Gasteiger partial charge on any atom is -0.493 e. The quantitative estimate of drug-likeness (QED) is 0.729. The minimum atomic E-state index is -0.348. The van der Waals surface area contributed by atoms with Crippen molar-refractivity contribution in [3.8, 4) is 0 Å². The van der Waals surface area contributed by atoms with Gasteiger partial charge in [-0.3, -0.25) is 9.69 Å². The molecule has 2 fully saturated rings. The van der Waals surface area contributed by atoms with E-state index in [1.54, 1.807) is 0 Å². The van der Waals surface area contributed by atoms with Crippen molar-refractivity contribution in [2.45, 2.75) is 57.3 Å². The lowest BCUT2D eigenvalue weighted by atomic mass is 9.73. The van der Waals surface area contributed by atoms with Gasteiger partial charge in [-0.2, -0.15) is 0 Å². The number of Topliss-reactive ketones (excluding diaryl/α,β-unsaturated/α-hetero) is 1. The van der Waals surface area contributed by atoms with Crippen LogP contribution in [0.15, 0.2) is 11.3 Å². The number of piperidine rings is 1. The fourth-order valence-electron chi connectivity index (χ4n) is 4.79. The first-order valence-corrected chi connectivity index (χ1v) is 8.01. The lowest BCUT2D eigenvalue weighted by Crippen LogP contribution is -2.55. The lowest BCUT2D eigenvalue weighted by molar-refractivity contribution is -0.136. The van der Waals surface area contributed by atoms with Crippen molar-refractivity contribution in [3.63, 3.8) is 0 Å². The zero-order valence-corrected chi connectivity index (χ0v) is 12.0. The second-order valence-corrected chi connectivity index (χ2v) is 6.91. The van der Waals surface area contributed by atoms with Gasteiger partial charge in [-0.05, 0) is 38.1 Å². The maximum atomic E-state index is 13.0. The molecule has 1 N–H and O–H groups in total. The number of carbonyl (C=O) groups is 1. The summed E-state index contributed by atoms with van der Waals surface area (Å²) in [4.78, 5) is 15.5. The molecule has 0 radical (unpaired) electrons. The van der Waals surface area contributed by atoms with Gasteiger partial charge < -0.3 is 9.84 Å². The van der Waals surface area contributed by atoms with Crippen LogP contribution in [-0.4, -0.2) is 47.1 Å². The monoisotopic (exact) mass is 277 g/mol. The van der Waals surface area contributed by atoms with Gasteiger partial charge in [0, 0.05) is 24.6 Å². The summed E-state index contributed by atoms with van der Waals surface area (Å²) in [5.41, 5.74) is 0.894. The molecule has 0 spiro atoms. The smallest absolute Gasteiger partial charge is 0.170 e. The van der Waals surface area contributed by atoms with E-state index in [9.17, 15) is 9.90 Å². The van der Waals surface area contributed by atoms with Crippen molar-refractivity contribution in [2.24, 2.45) is 11.8 Å². The molecule has 5 atom stereocenters. The summed E-state index contributed by atoms with van der Waals surface area (Å²) in [5, 5.41) is 9.92. The molecule has 4 rings (SSSR count). The maximum absolute atomic E-state index is 13.0. The zero-order chi connectivity index (χ0) is 13.9. The third-order valence-electron chi connectivity index (χ3n) is 5.63. The molecule has 0 aromatic rings. The van der Waals surface area contributed by atoms with Gasteiger partial charge in [0.25, 0.3) is 0 Å². The summed E-state index contributed by atoms with van der Waals surface area (Å²) < 4.78 is 6.19. The number of hydrogen-bond acceptors (Lipinski definition) is 4. The maximum Gasteiger partial charge on any atom is 0.170 e. The summed E-state index contributed by atoms with van der Waals surface area (Å²) in [6.07, 6.45) is 4.23. The van der Waals surface area contributed by atoms with Crippen molar-refractivity contribution >= 4 is 5.78 Å². The van der Waals surface area contributed by atoms with E-state index in [0.29, 0.717) is 24.7 Å². The fraction of sp³-hybridized carbons (Fsp3) is 0.812. The molecule has 0 amide bonds. The highest BCUT2D eigenvalue weighted by Crippen LogP contribution is 2.44. The van der Waals surface area contributed by atoms with Crippen molar-refractivity contribution in [1.82, 2.24) is 4.90 Å². The van der Waals surface area contributed by atoms with Gasteiger partial charge in [-0.15, -0.1) is 0 Å². The Hall–Kier alpha value is -0.870. The molecule has 0 aromatic heterocycles. The van der Waals surface area contributed by atoms with Gasteiger partial charge in [-0.25, -0.2) is 0 Å². The van der Waals surface area contributed by atoms with E-state index < -0.39 is 0 Å². The largest absolute Gasteiger partial charge is 0.493 e. The summed E-state index contributed by atoms with van der Waals surface area (Å²) in [7, 11) is 0. The molecule has 0 aromatic carbocycles. The standard InChI is InChI=1S/C16H23NO3/c1-9-7-10(18)8-13-14(9)16(19)15-11-3-2-5-17(11)6-4-12(15)20-13/h9-12,15,18H,2-8H2,1H3/t9-,10-,11-,12-,15-/m1/s1. The molecule has 3 heterocycles. The second-order valence-electron chi connectivity index (χ2n) is 6.91. The number of fused-ring (bicyclic) bond motifs is 3. The second kappa shape index (κ2) is 4.57. The van der Waals surface area contributed by atoms with Crippen molar-refractivity contribution in [2.75, 3.05) is 13.1 Å². The van der Waals surface area contributed by atoms with E-state index in [1.807, 2.05) is 0 Å². The highest BCUT2D eigenvalue weighted by Gasteiger charge is 2.50. The van der Waals surface area contributed by atoms with Crippen LogP contribution in [-0.2, 0) is 9.53 Å². The predicted molar refractivity (Wildman–Crippen MR) is 74.0 cm³/mol. The van der Waals surface area contributed by atoms with Crippen molar-refractivity contribution in [3.05, 3.63) is 11.3 Å². The van der Waals surface area contributed by atoms with Crippen molar-refractivity contribution in [1.29, 1.82) is 0 Å².